The highest BCUT2D eigenvalue weighted by Gasteiger charge is 2.71. The Balaban J connectivity index is 1.93. The molecule has 0 spiro atoms. The molecule has 5 heteroatoms. The fraction of sp³-hybridized carbons (Fsp3) is 0.417. The van der Waals surface area contributed by atoms with Gasteiger partial charge in [0.25, 0.3) is 0 Å². The van der Waals surface area contributed by atoms with Crippen LogP contribution in [0.25, 0.3) is 0 Å². The number of ether oxygens (including phenoxy) is 2. The summed E-state index contributed by atoms with van der Waals surface area (Å²) in [5.41, 5.74) is 1.32. The van der Waals surface area contributed by atoms with Crippen molar-refractivity contribution in [2.24, 2.45) is 5.41 Å². The van der Waals surface area contributed by atoms with E-state index in [-0.39, 0.29) is 19.1 Å². The normalized spacial score (nSPS) is 26.2. The van der Waals surface area contributed by atoms with Gasteiger partial charge in [-0.3, -0.25) is 9.59 Å². The van der Waals surface area contributed by atoms with Crippen molar-refractivity contribution >= 4 is 17.6 Å². The van der Waals surface area contributed by atoms with Crippen molar-refractivity contribution in [2.45, 2.75) is 44.6 Å². The number of hydrogen-bond donors (Lipinski definition) is 1. The lowest BCUT2D eigenvalue weighted by molar-refractivity contribution is -0.172. The van der Waals surface area contributed by atoms with Crippen LogP contribution in [-0.2, 0) is 24.5 Å². The first-order valence-corrected chi connectivity index (χ1v) is 10.3. The average Bonchev–Trinajstić information content (AvgIpc) is 3.18. The van der Waals surface area contributed by atoms with Crippen LogP contribution in [0.15, 0.2) is 54.6 Å². The van der Waals surface area contributed by atoms with E-state index in [4.69, 9.17) is 9.47 Å². The highest BCUT2D eigenvalue weighted by Crippen LogP contribution is 2.64. The summed E-state index contributed by atoms with van der Waals surface area (Å²) in [4.78, 5) is 26.7. The summed E-state index contributed by atoms with van der Waals surface area (Å²) < 4.78 is 10.9. The standard InChI is InChI=1S/C24H27NO4/c1-4-28-21(26)24(22(27)29-5-2)15-18(16-11-7-6-8-12-16)23(3)17-13-9-10-14-19(17)25-20(23)24/h6-14,18,20,25H,4-5,15H2,1-3H3/t18-,20+,23+/m0/s1. The van der Waals surface area contributed by atoms with E-state index >= 15 is 0 Å². The highest BCUT2D eigenvalue weighted by atomic mass is 16.6. The van der Waals surface area contributed by atoms with Crippen LogP contribution in [0, 0.1) is 5.41 Å². The van der Waals surface area contributed by atoms with Crippen LogP contribution < -0.4 is 5.32 Å². The molecule has 1 heterocycles. The summed E-state index contributed by atoms with van der Waals surface area (Å²) in [5.74, 6) is -1.06. The first-order valence-electron chi connectivity index (χ1n) is 10.3. The van der Waals surface area contributed by atoms with Crippen molar-refractivity contribution in [3.63, 3.8) is 0 Å². The van der Waals surface area contributed by atoms with Gasteiger partial charge in [-0.1, -0.05) is 55.5 Å². The molecule has 2 aromatic rings. The summed E-state index contributed by atoms with van der Waals surface area (Å²) in [7, 11) is 0. The first kappa shape index (κ1) is 19.5. The van der Waals surface area contributed by atoms with E-state index in [2.05, 4.69) is 30.4 Å². The van der Waals surface area contributed by atoms with Crippen molar-refractivity contribution in [3.05, 3.63) is 65.7 Å². The molecule has 29 heavy (non-hydrogen) atoms. The van der Waals surface area contributed by atoms with E-state index in [0.29, 0.717) is 6.42 Å². The van der Waals surface area contributed by atoms with Gasteiger partial charge in [0, 0.05) is 11.1 Å². The predicted molar refractivity (Wildman–Crippen MR) is 111 cm³/mol. The second kappa shape index (κ2) is 7.21. The van der Waals surface area contributed by atoms with Crippen LogP contribution in [-0.4, -0.2) is 31.2 Å². The molecule has 4 rings (SSSR count). The number of rotatable bonds is 5. The Bertz CT molecular complexity index is 907. The second-order valence-corrected chi connectivity index (χ2v) is 7.99. The van der Waals surface area contributed by atoms with Gasteiger partial charge in [0.15, 0.2) is 5.41 Å². The Hall–Kier alpha value is -2.82. The van der Waals surface area contributed by atoms with Gasteiger partial charge in [0.1, 0.15) is 0 Å². The number of para-hydroxylation sites is 1. The summed E-state index contributed by atoms with van der Waals surface area (Å²) in [5, 5.41) is 3.50. The van der Waals surface area contributed by atoms with Crippen LogP contribution >= 0.6 is 0 Å². The molecule has 1 aliphatic heterocycles. The van der Waals surface area contributed by atoms with Gasteiger partial charge in [-0.05, 0) is 43.4 Å². The molecule has 0 aromatic heterocycles. The Morgan fingerprint density at radius 3 is 2.17 bits per heavy atom. The maximum Gasteiger partial charge on any atom is 0.325 e. The number of esters is 2. The number of nitrogens with one attached hydrogen (secondary N) is 1. The van der Waals surface area contributed by atoms with E-state index < -0.39 is 28.8 Å². The van der Waals surface area contributed by atoms with Crippen LogP contribution in [0.2, 0.25) is 0 Å². The number of fused-ring (bicyclic) bond motifs is 3. The van der Waals surface area contributed by atoms with E-state index in [1.54, 1.807) is 13.8 Å². The molecule has 0 unspecified atom stereocenters. The van der Waals surface area contributed by atoms with Gasteiger partial charge in [0.2, 0.25) is 0 Å². The predicted octanol–water partition coefficient (Wildman–Crippen LogP) is 4.04. The van der Waals surface area contributed by atoms with E-state index in [9.17, 15) is 9.59 Å². The number of anilines is 1. The van der Waals surface area contributed by atoms with E-state index in [0.717, 1.165) is 16.8 Å². The van der Waals surface area contributed by atoms with Crippen LogP contribution in [0.5, 0.6) is 0 Å². The zero-order chi connectivity index (χ0) is 20.6. The molecule has 5 nitrogen and oxygen atoms in total. The zero-order valence-corrected chi connectivity index (χ0v) is 17.1. The van der Waals surface area contributed by atoms with Gasteiger partial charge >= 0.3 is 11.9 Å². The van der Waals surface area contributed by atoms with Crippen LogP contribution in [0.4, 0.5) is 5.69 Å². The second-order valence-electron chi connectivity index (χ2n) is 7.99. The largest absolute Gasteiger partial charge is 0.465 e. The molecule has 152 valence electrons. The zero-order valence-electron chi connectivity index (χ0n) is 17.1. The smallest absolute Gasteiger partial charge is 0.325 e. The van der Waals surface area contributed by atoms with Crippen molar-refractivity contribution in [1.29, 1.82) is 0 Å². The lowest BCUT2D eigenvalue weighted by atomic mass is 9.69. The summed E-state index contributed by atoms with van der Waals surface area (Å²) in [6.45, 7) is 6.10. The van der Waals surface area contributed by atoms with Gasteiger partial charge in [-0.25, -0.2) is 0 Å². The Labute approximate surface area is 171 Å². The average molecular weight is 393 g/mol. The SMILES string of the molecule is CCOC(=O)C1(C(=O)OCC)C[C@@H](c2ccccc2)[C@@]2(C)c3ccccc3N[C@@H]12. The molecule has 1 N–H and O–H groups in total. The number of carbonyl (C=O) groups is 2. The molecule has 3 atom stereocenters. The molecule has 1 saturated carbocycles. The molecule has 0 amide bonds. The summed E-state index contributed by atoms with van der Waals surface area (Å²) >= 11 is 0. The Morgan fingerprint density at radius 1 is 0.966 bits per heavy atom. The summed E-state index contributed by atoms with van der Waals surface area (Å²) in [6, 6.07) is 17.7. The fourth-order valence-corrected chi connectivity index (χ4v) is 5.37. The molecule has 0 bridgehead atoms. The topological polar surface area (TPSA) is 64.6 Å². The van der Waals surface area contributed by atoms with Crippen LogP contribution in [0.1, 0.15) is 44.2 Å². The molecule has 2 aliphatic rings. The minimum atomic E-state index is -1.40. The van der Waals surface area contributed by atoms with Gasteiger partial charge in [-0.15, -0.1) is 0 Å². The van der Waals surface area contributed by atoms with E-state index in [1.807, 2.05) is 36.4 Å². The van der Waals surface area contributed by atoms with Gasteiger partial charge in [-0.2, -0.15) is 0 Å². The van der Waals surface area contributed by atoms with Crippen molar-refractivity contribution in [3.8, 4) is 0 Å². The third-order valence-electron chi connectivity index (χ3n) is 6.63. The fourth-order valence-electron chi connectivity index (χ4n) is 5.37. The van der Waals surface area contributed by atoms with E-state index in [1.165, 1.54) is 0 Å². The van der Waals surface area contributed by atoms with Crippen molar-refractivity contribution in [1.82, 2.24) is 0 Å². The third-order valence-corrected chi connectivity index (χ3v) is 6.63. The highest BCUT2D eigenvalue weighted by molar-refractivity contribution is 6.03. The first-order chi connectivity index (χ1) is 14.0. The van der Waals surface area contributed by atoms with Gasteiger partial charge < -0.3 is 14.8 Å². The molecular formula is C24H27NO4. The quantitative estimate of drug-likeness (QED) is 0.614. The molecule has 1 fully saturated rings. The summed E-state index contributed by atoms with van der Waals surface area (Å²) in [6.07, 6.45) is 0.344. The monoisotopic (exact) mass is 393 g/mol. The minimum absolute atomic E-state index is 0.0429. The molecule has 1 aliphatic carbocycles. The molecule has 2 aromatic carbocycles. The van der Waals surface area contributed by atoms with Gasteiger partial charge in [0.05, 0.1) is 19.3 Å². The van der Waals surface area contributed by atoms with Crippen molar-refractivity contribution < 1.29 is 19.1 Å². The third kappa shape index (κ3) is 2.67. The lowest BCUT2D eigenvalue weighted by Gasteiger charge is -2.35. The Morgan fingerprint density at radius 2 is 1.55 bits per heavy atom. The number of hydrogen-bond acceptors (Lipinski definition) is 5. The van der Waals surface area contributed by atoms with Crippen LogP contribution in [0.3, 0.4) is 0 Å². The number of carbonyl (C=O) groups excluding carboxylic acids is 2. The van der Waals surface area contributed by atoms with Crippen molar-refractivity contribution in [2.75, 3.05) is 18.5 Å². The molecular weight excluding hydrogens is 366 g/mol. The maximum atomic E-state index is 13.3. The lowest BCUT2D eigenvalue weighted by Crippen LogP contribution is -2.53. The minimum Gasteiger partial charge on any atom is -0.465 e. The molecule has 0 radical (unpaired) electrons. The Kier molecular flexibility index (Phi) is 4.85. The molecule has 0 saturated heterocycles. The maximum absolute atomic E-state index is 13.3. The number of benzene rings is 2.